The van der Waals surface area contributed by atoms with Gasteiger partial charge in [0, 0.05) is 24.4 Å². The Morgan fingerprint density at radius 2 is 2.00 bits per heavy atom. The molecule has 6 nitrogen and oxygen atoms in total. The molecule has 1 N–H and O–H groups in total. The van der Waals surface area contributed by atoms with E-state index in [0.29, 0.717) is 24.4 Å². The standard InChI is InChI=1S/C19H27N3O3S/c1-3-4-5-13-25-17-10-8-16(9-11-17)20-19(24)22(26)18(23)15-7-6-12-21(2)14-15/h7-11,26H,3-6,12-14H2,1-2H3,(H,20,24). The van der Waals surface area contributed by atoms with Crippen LogP contribution >= 0.6 is 12.8 Å². The Morgan fingerprint density at radius 1 is 1.27 bits per heavy atom. The van der Waals surface area contributed by atoms with E-state index in [2.05, 4.69) is 25.1 Å². The molecule has 1 aromatic carbocycles. The van der Waals surface area contributed by atoms with Crippen LogP contribution in [-0.4, -0.2) is 47.9 Å². The van der Waals surface area contributed by atoms with Crippen molar-refractivity contribution in [3.05, 3.63) is 35.9 Å². The fourth-order valence-electron chi connectivity index (χ4n) is 2.63. The second kappa shape index (κ2) is 10.2. The zero-order valence-electron chi connectivity index (χ0n) is 15.4. The smallest absolute Gasteiger partial charge is 0.338 e. The van der Waals surface area contributed by atoms with Crippen molar-refractivity contribution in [1.82, 2.24) is 9.21 Å². The number of likely N-dealkylation sites (N-methyl/N-ethyl adjacent to an activating group) is 1. The first-order chi connectivity index (χ1) is 12.5. The van der Waals surface area contributed by atoms with Crippen LogP contribution in [0.25, 0.3) is 0 Å². The van der Waals surface area contributed by atoms with Crippen molar-refractivity contribution in [2.45, 2.75) is 32.6 Å². The molecular weight excluding hydrogens is 350 g/mol. The van der Waals surface area contributed by atoms with Crippen molar-refractivity contribution in [2.75, 3.05) is 32.1 Å². The Morgan fingerprint density at radius 3 is 2.65 bits per heavy atom. The number of carbonyl (C=O) groups is 2. The molecule has 1 aromatic rings. The van der Waals surface area contributed by atoms with Crippen molar-refractivity contribution in [2.24, 2.45) is 0 Å². The molecule has 0 atom stereocenters. The van der Waals surface area contributed by atoms with Crippen molar-refractivity contribution in [3.63, 3.8) is 0 Å². The number of ether oxygens (including phenoxy) is 1. The highest BCUT2D eigenvalue weighted by Gasteiger charge is 2.24. The zero-order chi connectivity index (χ0) is 18.9. The molecule has 1 aliphatic rings. The molecule has 0 aliphatic carbocycles. The molecule has 142 valence electrons. The number of hydrogen-bond donors (Lipinski definition) is 2. The zero-order valence-corrected chi connectivity index (χ0v) is 16.3. The van der Waals surface area contributed by atoms with Crippen molar-refractivity contribution in [3.8, 4) is 5.75 Å². The predicted molar refractivity (Wildman–Crippen MR) is 107 cm³/mol. The second-order valence-corrected chi connectivity index (χ2v) is 6.78. The number of rotatable bonds is 7. The summed E-state index contributed by atoms with van der Waals surface area (Å²) in [6.07, 6.45) is 5.98. The summed E-state index contributed by atoms with van der Waals surface area (Å²) in [5.74, 6) is 0.363. The van der Waals surface area contributed by atoms with Crippen LogP contribution in [0.1, 0.15) is 32.6 Å². The highest BCUT2D eigenvalue weighted by atomic mass is 32.1. The number of unbranched alkanes of at least 4 members (excludes halogenated alkanes) is 2. The number of nitrogens with zero attached hydrogens (tertiary/aromatic N) is 2. The molecule has 2 rings (SSSR count). The van der Waals surface area contributed by atoms with Gasteiger partial charge in [0.1, 0.15) is 5.75 Å². The summed E-state index contributed by atoms with van der Waals surface area (Å²) in [6.45, 7) is 4.26. The quantitative estimate of drug-likeness (QED) is 0.562. The lowest BCUT2D eigenvalue weighted by atomic mass is 10.1. The molecule has 0 bridgehead atoms. The molecule has 1 aliphatic heterocycles. The van der Waals surface area contributed by atoms with E-state index < -0.39 is 11.9 Å². The number of nitrogens with one attached hydrogen (secondary N) is 1. The molecule has 0 unspecified atom stereocenters. The molecule has 3 amide bonds. The Kier molecular flexibility index (Phi) is 8.00. The number of urea groups is 1. The SMILES string of the molecule is CCCCCOc1ccc(NC(=O)N(S)C(=O)C2=CCCN(C)C2)cc1. The first kappa shape index (κ1) is 20.3. The summed E-state index contributed by atoms with van der Waals surface area (Å²) >= 11 is 4.06. The monoisotopic (exact) mass is 377 g/mol. The van der Waals surface area contributed by atoms with E-state index in [1.54, 1.807) is 24.3 Å². The number of imide groups is 1. The van der Waals surface area contributed by atoms with Gasteiger partial charge in [-0.25, -0.2) is 9.10 Å². The fraction of sp³-hybridized carbons (Fsp3) is 0.474. The fourth-order valence-corrected chi connectivity index (χ4v) is 2.81. The Labute approximate surface area is 160 Å². The minimum absolute atomic E-state index is 0.395. The Balaban J connectivity index is 1.86. The maximum absolute atomic E-state index is 12.4. The Hall–Kier alpha value is -1.99. The van der Waals surface area contributed by atoms with E-state index in [1.807, 2.05) is 18.0 Å². The van der Waals surface area contributed by atoms with Crippen LogP contribution in [0.3, 0.4) is 0 Å². The third-order valence-electron chi connectivity index (χ3n) is 4.12. The number of amides is 3. The average molecular weight is 378 g/mol. The molecule has 0 spiro atoms. The van der Waals surface area contributed by atoms with Crippen molar-refractivity contribution in [1.29, 1.82) is 0 Å². The van der Waals surface area contributed by atoms with Crippen LogP contribution in [-0.2, 0) is 4.79 Å². The first-order valence-electron chi connectivity index (χ1n) is 8.96. The summed E-state index contributed by atoms with van der Waals surface area (Å²) in [5.41, 5.74) is 1.16. The summed E-state index contributed by atoms with van der Waals surface area (Å²) < 4.78 is 6.46. The number of benzene rings is 1. The van der Waals surface area contributed by atoms with Gasteiger partial charge in [-0.3, -0.25) is 4.79 Å². The molecule has 0 fully saturated rings. The number of thiol groups is 1. The average Bonchev–Trinajstić information content (AvgIpc) is 2.65. The van der Waals surface area contributed by atoms with Crippen LogP contribution in [0.4, 0.5) is 10.5 Å². The third-order valence-corrected chi connectivity index (χ3v) is 4.49. The topological polar surface area (TPSA) is 61.9 Å². The maximum atomic E-state index is 12.4. The van der Waals surface area contributed by atoms with E-state index in [1.165, 1.54) is 0 Å². The molecule has 7 heteroatoms. The highest BCUT2D eigenvalue weighted by molar-refractivity contribution is 7.79. The van der Waals surface area contributed by atoms with Crippen LogP contribution in [0.2, 0.25) is 0 Å². The van der Waals surface area contributed by atoms with Crippen molar-refractivity contribution < 1.29 is 14.3 Å². The summed E-state index contributed by atoms with van der Waals surface area (Å²) in [4.78, 5) is 26.7. The van der Waals surface area contributed by atoms with E-state index in [-0.39, 0.29) is 0 Å². The van der Waals surface area contributed by atoms with Crippen molar-refractivity contribution >= 4 is 30.4 Å². The maximum Gasteiger partial charge on any atom is 0.338 e. The van der Waals surface area contributed by atoms with Crippen LogP contribution < -0.4 is 10.1 Å². The van der Waals surface area contributed by atoms with Gasteiger partial charge in [0.25, 0.3) is 5.91 Å². The Bertz CT molecular complexity index is 646. The van der Waals surface area contributed by atoms with Gasteiger partial charge in [-0.1, -0.05) is 38.7 Å². The lowest BCUT2D eigenvalue weighted by Gasteiger charge is -2.24. The molecule has 0 aromatic heterocycles. The van der Waals surface area contributed by atoms with Gasteiger partial charge in [0.05, 0.1) is 6.61 Å². The number of anilines is 1. The molecular formula is C19H27N3O3S. The molecule has 1 heterocycles. The number of hydrogen-bond acceptors (Lipinski definition) is 5. The summed E-state index contributed by atoms with van der Waals surface area (Å²) in [7, 11) is 1.94. The molecule has 0 saturated heterocycles. The van der Waals surface area contributed by atoms with Gasteiger partial charge in [-0.2, -0.15) is 0 Å². The predicted octanol–water partition coefficient (Wildman–Crippen LogP) is 3.72. The van der Waals surface area contributed by atoms with E-state index in [9.17, 15) is 9.59 Å². The van der Waals surface area contributed by atoms with E-state index in [0.717, 1.165) is 42.3 Å². The lowest BCUT2D eigenvalue weighted by Crippen LogP contribution is -2.38. The van der Waals surface area contributed by atoms with Crippen LogP contribution in [0.15, 0.2) is 35.9 Å². The summed E-state index contributed by atoms with van der Waals surface area (Å²) in [6, 6.07) is 6.50. The lowest BCUT2D eigenvalue weighted by molar-refractivity contribution is -0.120. The van der Waals surface area contributed by atoms with E-state index in [4.69, 9.17) is 4.74 Å². The molecule has 0 saturated carbocycles. The van der Waals surface area contributed by atoms with Gasteiger partial charge >= 0.3 is 6.03 Å². The van der Waals surface area contributed by atoms with E-state index >= 15 is 0 Å². The van der Waals surface area contributed by atoms with Crippen LogP contribution in [0, 0.1) is 0 Å². The normalized spacial score (nSPS) is 14.5. The number of carbonyl (C=O) groups excluding carboxylic acids is 2. The summed E-state index contributed by atoms with van der Waals surface area (Å²) in [5, 5.41) is 2.67. The van der Waals surface area contributed by atoms with Gasteiger partial charge in [0.15, 0.2) is 0 Å². The minimum Gasteiger partial charge on any atom is -0.494 e. The van der Waals surface area contributed by atoms with Gasteiger partial charge < -0.3 is 15.0 Å². The van der Waals surface area contributed by atoms with Gasteiger partial charge in [0.2, 0.25) is 0 Å². The second-order valence-electron chi connectivity index (χ2n) is 6.38. The van der Waals surface area contributed by atoms with Gasteiger partial charge in [-0.15, -0.1) is 0 Å². The third kappa shape index (κ3) is 6.07. The molecule has 26 heavy (non-hydrogen) atoms. The highest BCUT2D eigenvalue weighted by Crippen LogP contribution is 2.18. The largest absolute Gasteiger partial charge is 0.494 e. The minimum atomic E-state index is -0.580. The van der Waals surface area contributed by atoms with Gasteiger partial charge in [-0.05, 0) is 44.2 Å². The molecule has 0 radical (unpaired) electrons. The first-order valence-corrected chi connectivity index (χ1v) is 9.36. The van der Waals surface area contributed by atoms with Crippen LogP contribution in [0.5, 0.6) is 5.75 Å².